The summed E-state index contributed by atoms with van der Waals surface area (Å²) in [6.45, 7) is 0. The third kappa shape index (κ3) is 3.67. The van der Waals surface area contributed by atoms with Crippen LogP contribution >= 0.6 is 11.6 Å². The van der Waals surface area contributed by atoms with E-state index in [4.69, 9.17) is 16.2 Å². The zero-order valence-electron chi connectivity index (χ0n) is 6.51. The van der Waals surface area contributed by atoms with Gasteiger partial charge in [-0.2, -0.15) is 8.42 Å². The molecule has 7 heteroatoms. The van der Waals surface area contributed by atoms with Crippen LogP contribution in [0.3, 0.4) is 0 Å². The minimum Gasteiger partial charge on any atom is -0.285 e. The Morgan fingerprint density at radius 3 is 2.31 bits per heavy atom. The molecule has 0 saturated heterocycles. The predicted molar refractivity (Wildman–Crippen MR) is 46.8 cm³/mol. The number of halogens is 1. The van der Waals surface area contributed by atoms with Gasteiger partial charge in [-0.25, -0.2) is 9.97 Å². The van der Waals surface area contributed by atoms with Gasteiger partial charge < -0.3 is 0 Å². The molecule has 13 heavy (non-hydrogen) atoms. The van der Waals surface area contributed by atoms with E-state index < -0.39 is 15.9 Å². The SMILES string of the molecule is O=S(=O)(O)Cc1ncc(CCl)cn1. The Bertz CT molecular complexity index is 375. The first-order valence-corrected chi connectivity index (χ1v) is 5.46. The number of nitrogens with zero attached hydrogens (tertiary/aromatic N) is 2. The number of hydrogen-bond acceptors (Lipinski definition) is 4. The zero-order valence-corrected chi connectivity index (χ0v) is 8.09. The largest absolute Gasteiger partial charge is 0.285 e. The van der Waals surface area contributed by atoms with E-state index in [1.807, 2.05) is 0 Å². The van der Waals surface area contributed by atoms with Crippen molar-refractivity contribution >= 4 is 21.7 Å². The normalized spacial score (nSPS) is 11.5. The van der Waals surface area contributed by atoms with Gasteiger partial charge in [-0.3, -0.25) is 4.55 Å². The molecule has 1 rings (SSSR count). The van der Waals surface area contributed by atoms with Gasteiger partial charge in [0.25, 0.3) is 10.1 Å². The third-order valence-corrected chi connectivity index (χ3v) is 2.16. The Labute approximate surface area is 80.5 Å². The van der Waals surface area contributed by atoms with Gasteiger partial charge in [0.1, 0.15) is 11.6 Å². The van der Waals surface area contributed by atoms with E-state index in [1.54, 1.807) is 0 Å². The minimum atomic E-state index is -4.05. The molecule has 5 nitrogen and oxygen atoms in total. The van der Waals surface area contributed by atoms with Crippen LogP contribution in [-0.4, -0.2) is 22.9 Å². The lowest BCUT2D eigenvalue weighted by molar-refractivity contribution is 0.480. The molecule has 0 atom stereocenters. The van der Waals surface area contributed by atoms with Gasteiger partial charge in [0, 0.05) is 18.0 Å². The van der Waals surface area contributed by atoms with E-state index in [-0.39, 0.29) is 11.7 Å². The first kappa shape index (κ1) is 10.4. The van der Waals surface area contributed by atoms with Crippen LogP contribution in [0.15, 0.2) is 12.4 Å². The molecule has 0 saturated carbocycles. The van der Waals surface area contributed by atoms with E-state index in [2.05, 4.69) is 9.97 Å². The fraction of sp³-hybridized carbons (Fsp3) is 0.333. The maximum absolute atomic E-state index is 10.4. The molecule has 1 aromatic rings. The Hall–Kier alpha value is -0.720. The van der Waals surface area contributed by atoms with Crippen molar-refractivity contribution in [1.82, 2.24) is 9.97 Å². The zero-order chi connectivity index (χ0) is 9.90. The molecule has 72 valence electrons. The number of alkyl halides is 1. The Morgan fingerprint density at radius 2 is 1.92 bits per heavy atom. The molecular weight excluding hydrogens is 216 g/mol. The average Bonchev–Trinajstić information content (AvgIpc) is 2.03. The summed E-state index contributed by atoms with van der Waals surface area (Å²) in [7, 11) is -4.05. The highest BCUT2D eigenvalue weighted by Gasteiger charge is 2.08. The fourth-order valence-corrected chi connectivity index (χ4v) is 1.30. The summed E-state index contributed by atoms with van der Waals surface area (Å²) in [5.74, 6) is -0.252. The molecule has 1 heterocycles. The van der Waals surface area contributed by atoms with Gasteiger partial charge >= 0.3 is 0 Å². The maximum Gasteiger partial charge on any atom is 0.272 e. The summed E-state index contributed by atoms with van der Waals surface area (Å²) in [5, 5.41) is 0. The van der Waals surface area contributed by atoms with Gasteiger partial charge in [0.2, 0.25) is 0 Å². The van der Waals surface area contributed by atoms with Gasteiger partial charge in [0.15, 0.2) is 0 Å². The second-order valence-corrected chi connectivity index (χ2v) is 4.09. The van der Waals surface area contributed by atoms with Crippen molar-refractivity contribution in [3.63, 3.8) is 0 Å². The van der Waals surface area contributed by atoms with E-state index in [0.29, 0.717) is 5.56 Å². The first-order valence-electron chi connectivity index (χ1n) is 3.32. The summed E-state index contributed by atoms with van der Waals surface area (Å²) in [6, 6.07) is 0. The summed E-state index contributed by atoms with van der Waals surface area (Å²) in [6.07, 6.45) is 2.83. The Balaban J connectivity index is 2.81. The van der Waals surface area contributed by atoms with Crippen molar-refractivity contribution in [3.8, 4) is 0 Å². The molecule has 0 fully saturated rings. The van der Waals surface area contributed by atoms with Crippen molar-refractivity contribution in [3.05, 3.63) is 23.8 Å². The quantitative estimate of drug-likeness (QED) is 0.599. The van der Waals surface area contributed by atoms with Gasteiger partial charge in [-0.05, 0) is 0 Å². The van der Waals surface area contributed by atoms with Crippen LogP contribution in [0.5, 0.6) is 0 Å². The van der Waals surface area contributed by atoms with Crippen LogP contribution in [0.25, 0.3) is 0 Å². The smallest absolute Gasteiger partial charge is 0.272 e. The average molecular weight is 223 g/mol. The molecule has 0 aliphatic rings. The molecule has 0 spiro atoms. The van der Waals surface area contributed by atoms with Crippen molar-refractivity contribution in [2.24, 2.45) is 0 Å². The van der Waals surface area contributed by atoms with Crippen LogP contribution in [0.1, 0.15) is 11.4 Å². The fourth-order valence-electron chi connectivity index (χ4n) is 0.688. The molecule has 0 amide bonds. The van der Waals surface area contributed by atoms with E-state index in [1.165, 1.54) is 12.4 Å². The van der Waals surface area contributed by atoms with Crippen molar-refractivity contribution in [1.29, 1.82) is 0 Å². The molecule has 0 aliphatic heterocycles. The third-order valence-electron chi connectivity index (χ3n) is 1.22. The first-order chi connectivity index (χ1) is 6.01. The lowest BCUT2D eigenvalue weighted by Crippen LogP contribution is -2.05. The number of aromatic nitrogens is 2. The second kappa shape index (κ2) is 3.99. The van der Waals surface area contributed by atoms with Crippen molar-refractivity contribution < 1.29 is 13.0 Å². The van der Waals surface area contributed by atoms with Crippen LogP contribution in [-0.2, 0) is 21.8 Å². The van der Waals surface area contributed by atoms with E-state index in [9.17, 15) is 8.42 Å². The molecule has 0 bridgehead atoms. The van der Waals surface area contributed by atoms with E-state index >= 15 is 0 Å². The number of rotatable bonds is 3. The maximum atomic E-state index is 10.4. The molecule has 0 aromatic carbocycles. The van der Waals surface area contributed by atoms with Crippen molar-refractivity contribution in [2.75, 3.05) is 0 Å². The summed E-state index contributed by atoms with van der Waals surface area (Å²) in [4.78, 5) is 7.40. The van der Waals surface area contributed by atoms with Crippen LogP contribution in [0, 0.1) is 0 Å². The highest BCUT2D eigenvalue weighted by Crippen LogP contribution is 2.02. The second-order valence-electron chi connectivity index (χ2n) is 2.37. The van der Waals surface area contributed by atoms with Gasteiger partial charge in [-0.15, -0.1) is 11.6 Å². The van der Waals surface area contributed by atoms with Crippen LogP contribution < -0.4 is 0 Å². The van der Waals surface area contributed by atoms with Gasteiger partial charge in [-0.1, -0.05) is 0 Å². The molecule has 0 aliphatic carbocycles. The Morgan fingerprint density at radius 1 is 1.38 bits per heavy atom. The number of hydrogen-bond donors (Lipinski definition) is 1. The minimum absolute atomic E-state index is 0.0522. The monoisotopic (exact) mass is 222 g/mol. The summed E-state index contributed by atoms with van der Waals surface area (Å²) in [5.41, 5.74) is 0.695. The summed E-state index contributed by atoms with van der Waals surface area (Å²) >= 11 is 5.46. The van der Waals surface area contributed by atoms with Crippen LogP contribution in [0.4, 0.5) is 0 Å². The molecule has 0 radical (unpaired) electrons. The molecule has 1 aromatic heterocycles. The topological polar surface area (TPSA) is 80.2 Å². The van der Waals surface area contributed by atoms with Crippen LogP contribution in [0.2, 0.25) is 0 Å². The lowest BCUT2D eigenvalue weighted by atomic mass is 10.4. The highest BCUT2D eigenvalue weighted by molar-refractivity contribution is 7.84. The Kier molecular flexibility index (Phi) is 3.18. The lowest BCUT2D eigenvalue weighted by Gasteiger charge is -1.97. The standard InChI is InChI=1S/C6H7ClN2O3S/c7-1-5-2-8-6(9-3-5)4-13(10,11)12/h2-3H,1,4H2,(H,10,11,12). The highest BCUT2D eigenvalue weighted by atomic mass is 35.5. The molecule has 0 unspecified atom stereocenters. The van der Waals surface area contributed by atoms with Gasteiger partial charge in [0.05, 0.1) is 5.88 Å². The predicted octanol–water partition coefficient (Wildman–Crippen LogP) is 0.603. The molecular formula is C6H7ClN2O3S. The van der Waals surface area contributed by atoms with Crippen molar-refractivity contribution in [2.45, 2.75) is 11.6 Å². The van der Waals surface area contributed by atoms with E-state index in [0.717, 1.165) is 0 Å². The summed E-state index contributed by atoms with van der Waals surface area (Å²) < 4.78 is 29.3. The molecule has 1 N–H and O–H groups in total.